The van der Waals surface area contributed by atoms with E-state index in [0.717, 1.165) is 24.4 Å². The summed E-state index contributed by atoms with van der Waals surface area (Å²) < 4.78 is 5.74. The number of nitrogens with zero attached hydrogens (tertiary/aromatic N) is 2. The van der Waals surface area contributed by atoms with Gasteiger partial charge in [0.15, 0.2) is 0 Å². The first kappa shape index (κ1) is 10.1. The van der Waals surface area contributed by atoms with Gasteiger partial charge in [-0.3, -0.25) is 0 Å². The van der Waals surface area contributed by atoms with Crippen molar-refractivity contribution in [3.63, 3.8) is 0 Å². The van der Waals surface area contributed by atoms with Crippen molar-refractivity contribution in [3.05, 3.63) is 29.7 Å². The van der Waals surface area contributed by atoms with Gasteiger partial charge in [-0.05, 0) is 49.4 Å². The van der Waals surface area contributed by atoms with Gasteiger partial charge in [0, 0.05) is 23.7 Å². The van der Waals surface area contributed by atoms with Gasteiger partial charge in [-0.2, -0.15) is 0 Å². The molecule has 0 bridgehead atoms. The minimum atomic E-state index is 0.519. The monoisotopic (exact) mass is 241 g/mol. The quantitative estimate of drug-likeness (QED) is 0.878. The molecule has 0 unspecified atom stereocenters. The maximum Gasteiger partial charge on any atom is 0.247 e. The number of rotatable bonds is 2. The number of hydrogen-bond acceptors (Lipinski definition) is 4. The normalized spacial score (nSPS) is 18.2. The third kappa shape index (κ3) is 1.68. The van der Waals surface area contributed by atoms with E-state index in [1.807, 2.05) is 0 Å². The highest BCUT2D eigenvalue weighted by atomic mass is 16.4. The summed E-state index contributed by atoms with van der Waals surface area (Å²) in [5, 5.41) is 11.7. The summed E-state index contributed by atoms with van der Waals surface area (Å²) in [6, 6.07) is 6.35. The van der Waals surface area contributed by atoms with E-state index in [4.69, 9.17) is 4.42 Å². The van der Waals surface area contributed by atoms with Crippen molar-refractivity contribution in [3.8, 4) is 11.5 Å². The topological polar surface area (TPSA) is 51.0 Å². The van der Waals surface area contributed by atoms with E-state index in [-0.39, 0.29) is 0 Å². The van der Waals surface area contributed by atoms with E-state index in [1.165, 1.54) is 30.5 Å². The Morgan fingerprint density at radius 1 is 1.22 bits per heavy atom. The van der Waals surface area contributed by atoms with Crippen LogP contribution < -0.4 is 5.32 Å². The summed E-state index contributed by atoms with van der Waals surface area (Å²) in [4.78, 5) is 0. The second kappa shape index (κ2) is 3.83. The third-order valence-electron chi connectivity index (χ3n) is 3.66. The lowest BCUT2D eigenvalue weighted by atomic mass is 10.0. The Morgan fingerprint density at radius 3 is 3.06 bits per heavy atom. The van der Waals surface area contributed by atoms with Crippen molar-refractivity contribution < 1.29 is 4.42 Å². The first-order chi connectivity index (χ1) is 8.90. The standard InChI is InChI=1S/C14H15N3O/c1-2-10-8-11(5-6-12(10)15-7-1)14-17-16-13(18-14)9-3-4-9/h5-6,8-9,15H,1-4,7H2. The van der Waals surface area contributed by atoms with Gasteiger partial charge >= 0.3 is 0 Å². The minimum Gasteiger partial charge on any atom is -0.420 e. The van der Waals surface area contributed by atoms with Crippen LogP contribution in [-0.2, 0) is 6.42 Å². The van der Waals surface area contributed by atoms with Gasteiger partial charge in [0.2, 0.25) is 11.8 Å². The average Bonchev–Trinajstić information content (AvgIpc) is 3.16. The fraction of sp³-hybridized carbons (Fsp3) is 0.429. The maximum absolute atomic E-state index is 5.74. The smallest absolute Gasteiger partial charge is 0.247 e. The average molecular weight is 241 g/mol. The molecule has 1 aliphatic heterocycles. The van der Waals surface area contributed by atoms with Crippen LogP contribution >= 0.6 is 0 Å². The number of fused-ring (bicyclic) bond motifs is 1. The van der Waals surface area contributed by atoms with Crippen molar-refractivity contribution in [1.29, 1.82) is 0 Å². The number of aryl methyl sites for hydroxylation is 1. The van der Waals surface area contributed by atoms with Crippen LogP contribution in [0.15, 0.2) is 22.6 Å². The molecule has 1 N–H and O–H groups in total. The zero-order valence-corrected chi connectivity index (χ0v) is 10.1. The number of nitrogens with one attached hydrogen (secondary N) is 1. The highest BCUT2D eigenvalue weighted by Crippen LogP contribution is 2.40. The summed E-state index contributed by atoms with van der Waals surface area (Å²) >= 11 is 0. The molecule has 0 amide bonds. The molecule has 1 aromatic heterocycles. The van der Waals surface area contributed by atoms with E-state index < -0.39 is 0 Å². The maximum atomic E-state index is 5.74. The van der Waals surface area contributed by atoms with Crippen molar-refractivity contribution in [2.75, 3.05) is 11.9 Å². The Hall–Kier alpha value is -1.84. The highest BCUT2D eigenvalue weighted by Gasteiger charge is 2.29. The zero-order chi connectivity index (χ0) is 11.9. The molecule has 2 heterocycles. The largest absolute Gasteiger partial charge is 0.420 e. The first-order valence-corrected chi connectivity index (χ1v) is 6.61. The Labute approximate surface area is 105 Å². The molecule has 4 rings (SSSR count). The van der Waals surface area contributed by atoms with Gasteiger partial charge in [0.05, 0.1) is 0 Å². The predicted molar refractivity (Wildman–Crippen MR) is 68.5 cm³/mol. The number of aromatic nitrogens is 2. The Balaban J connectivity index is 1.70. The molecule has 0 saturated heterocycles. The second-order valence-electron chi connectivity index (χ2n) is 5.12. The predicted octanol–water partition coefficient (Wildman–Crippen LogP) is 2.97. The second-order valence-corrected chi connectivity index (χ2v) is 5.12. The summed E-state index contributed by atoms with van der Waals surface area (Å²) in [6.45, 7) is 1.07. The third-order valence-corrected chi connectivity index (χ3v) is 3.66. The lowest BCUT2D eigenvalue weighted by molar-refractivity contribution is 0.508. The van der Waals surface area contributed by atoms with Crippen LogP contribution in [0, 0.1) is 0 Å². The molecule has 0 radical (unpaired) electrons. The van der Waals surface area contributed by atoms with Crippen molar-refractivity contribution in [2.45, 2.75) is 31.6 Å². The van der Waals surface area contributed by atoms with E-state index in [1.54, 1.807) is 0 Å². The van der Waals surface area contributed by atoms with Crippen molar-refractivity contribution in [1.82, 2.24) is 10.2 Å². The Morgan fingerprint density at radius 2 is 2.17 bits per heavy atom. The number of benzene rings is 1. The van der Waals surface area contributed by atoms with E-state index >= 15 is 0 Å². The molecule has 1 aromatic carbocycles. The molecule has 92 valence electrons. The Kier molecular flexibility index (Phi) is 2.15. The fourth-order valence-corrected chi connectivity index (χ4v) is 2.45. The van der Waals surface area contributed by atoms with Gasteiger partial charge < -0.3 is 9.73 Å². The minimum absolute atomic E-state index is 0.519. The van der Waals surface area contributed by atoms with Crippen LogP contribution in [0.3, 0.4) is 0 Å². The van der Waals surface area contributed by atoms with Crippen molar-refractivity contribution in [2.24, 2.45) is 0 Å². The molecule has 0 atom stereocenters. The van der Waals surface area contributed by atoms with Gasteiger partial charge in [-0.25, -0.2) is 0 Å². The van der Waals surface area contributed by atoms with Crippen LogP contribution in [0.4, 0.5) is 5.69 Å². The SMILES string of the molecule is c1cc2c(cc1-c1nnc(C3CC3)o1)CCCN2. The molecule has 1 fully saturated rings. The fourth-order valence-electron chi connectivity index (χ4n) is 2.45. The summed E-state index contributed by atoms with van der Waals surface area (Å²) in [5.41, 5.74) is 3.63. The van der Waals surface area contributed by atoms with Gasteiger partial charge in [0.1, 0.15) is 0 Å². The van der Waals surface area contributed by atoms with Crippen LogP contribution in [0.2, 0.25) is 0 Å². The summed E-state index contributed by atoms with van der Waals surface area (Å²) in [7, 11) is 0. The lowest BCUT2D eigenvalue weighted by Gasteiger charge is -2.17. The molecule has 2 aliphatic rings. The van der Waals surface area contributed by atoms with E-state index in [0.29, 0.717) is 11.8 Å². The zero-order valence-electron chi connectivity index (χ0n) is 10.1. The van der Waals surface area contributed by atoms with Crippen molar-refractivity contribution >= 4 is 5.69 Å². The van der Waals surface area contributed by atoms with E-state index in [2.05, 4.69) is 33.7 Å². The van der Waals surface area contributed by atoms with Gasteiger partial charge in [0.25, 0.3) is 0 Å². The number of hydrogen-bond donors (Lipinski definition) is 1. The molecule has 4 heteroatoms. The summed E-state index contributed by atoms with van der Waals surface area (Å²) in [5.74, 6) is 1.98. The molecule has 0 spiro atoms. The lowest BCUT2D eigenvalue weighted by Crippen LogP contribution is -2.11. The first-order valence-electron chi connectivity index (χ1n) is 6.61. The molecule has 4 nitrogen and oxygen atoms in total. The van der Waals surface area contributed by atoms with E-state index in [9.17, 15) is 0 Å². The van der Waals surface area contributed by atoms with Crippen LogP contribution in [0.25, 0.3) is 11.5 Å². The molecular weight excluding hydrogens is 226 g/mol. The number of anilines is 1. The van der Waals surface area contributed by atoms with Crippen LogP contribution in [-0.4, -0.2) is 16.7 Å². The van der Waals surface area contributed by atoms with Crippen LogP contribution in [0.5, 0.6) is 0 Å². The Bertz CT molecular complexity index is 586. The van der Waals surface area contributed by atoms with Gasteiger partial charge in [-0.15, -0.1) is 10.2 Å². The molecule has 1 aliphatic carbocycles. The van der Waals surface area contributed by atoms with Crippen LogP contribution in [0.1, 0.15) is 36.6 Å². The van der Waals surface area contributed by atoms with Gasteiger partial charge in [-0.1, -0.05) is 0 Å². The molecule has 1 saturated carbocycles. The highest BCUT2D eigenvalue weighted by molar-refractivity contribution is 5.63. The summed E-state index contributed by atoms with van der Waals surface area (Å²) in [6.07, 6.45) is 4.69. The molecular formula is C14H15N3O. The molecule has 18 heavy (non-hydrogen) atoms. The molecule has 2 aromatic rings.